The maximum Gasteiger partial charge on any atom is 0.339 e. The minimum absolute atomic E-state index is 0.326. The summed E-state index contributed by atoms with van der Waals surface area (Å²) >= 11 is 1.38. The molecule has 0 bridgehead atoms. The second kappa shape index (κ2) is 8.88. The Morgan fingerprint density at radius 3 is 2.92 bits per heavy atom. The number of hydrogen-bond donors (Lipinski definition) is 1. The van der Waals surface area contributed by atoms with E-state index in [-0.39, 0.29) is 12.5 Å². The van der Waals surface area contributed by atoms with E-state index >= 15 is 0 Å². The summed E-state index contributed by atoms with van der Waals surface area (Å²) in [5, 5.41) is 6.25. The number of carbonyl (C=O) groups is 2. The van der Waals surface area contributed by atoms with Crippen LogP contribution in [0.1, 0.15) is 22.1 Å². The number of rotatable bonds is 8. The predicted octanol–water partition coefficient (Wildman–Crippen LogP) is 2.13. The summed E-state index contributed by atoms with van der Waals surface area (Å²) in [6.45, 7) is 5.22. The van der Waals surface area contributed by atoms with Crippen LogP contribution in [0.3, 0.4) is 0 Å². The van der Waals surface area contributed by atoms with E-state index in [9.17, 15) is 9.59 Å². The second-order valence-corrected chi connectivity index (χ2v) is 5.71. The first-order valence-electron chi connectivity index (χ1n) is 7.16. The molecule has 7 nitrogen and oxygen atoms in total. The van der Waals surface area contributed by atoms with E-state index in [1.54, 1.807) is 31.2 Å². The van der Waals surface area contributed by atoms with Crippen molar-refractivity contribution in [1.29, 1.82) is 0 Å². The molecule has 0 aliphatic rings. The molecule has 0 spiro atoms. The van der Waals surface area contributed by atoms with Gasteiger partial charge in [-0.2, -0.15) is 4.98 Å². The van der Waals surface area contributed by atoms with Crippen LogP contribution in [0.25, 0.3) is 0 Å². The number of esters is 1. The Morgan fingerprint density at radius 2 is 2.21 bits per heavy atom. The SMILES string of the molecule is C=CCNC(=O)COC(=O)c1ccccc1SCc1nc(C)no1. The molecule has 0 radical (unpaired) electrons. The lowest BCUT2D eigenvalue weighted by Gasteiger charge is -2.08. The zero-order valence-corrected chi connectivity index (χ0v) is 14.0. The molecule has 0 saturated heterocycles. The topological polar surface area (TPSA) is 94.3 Å². The third-order valence-corrected chi connectivity index (χ3v) is 3.86. The number of amides is 1. The van der Waals surface area contributed by atoms with Gasteiger partial charge >= 0.3 is 5.97 Å². The molecule has 0 aliphatic carbocycles. The van der Waals surface area contributed by atoms with Gasteiger partial charge in [0.15, 0.2) is 12.4 Å². The second-order valence-electron chi connectivity index (χ2n) is 4.69. The summed E-state index contributed by atoms with van der Waals surface area (Å²) in [7, 11) is 0. The monoisotopic (exact) mass is 347 g/mol. The minimum Gasteiger partial charge on any atom is -0.452 e. The molecular weight excluding hydrogens is 330 g/mol. The van der Waals surface area contributed by atoms with Crippen LogP contribution in [0.5, 0.6) is 0 Å². The van der Waals surface area contributed by atoms with Crippen molar-refractivity contribution in [3.05, 3.63) is 54.2 Å². The van der Waals surface area contributed by atoms with E-state index in [4.69, 9.17) is 9.26 Å². The Bertz CT molecular complexity index is 730. The number of carbonyl (C=O) groups excluding carboxylic acids is 2. The van der Waals surface area contributed by atoms with E-state index in [1.807, 2.05) is 6.07 Å². The molecule has 1 heterocycles. The maximum atomic E-state index is 12.2. The Balaban J connectivity index is 1.95. The zero-order chi connectivity index (χ0) is 17.4. The molecule has 0 saturated carbocycles. The third-order valence-electron chi connectivity index (χ3n) is 2.81. The van der Waals surface area contributed by atoms with Crippen LogP contribution >= 0.6 is 11.8 Å². The van der Waals surface area contributed by atoms with E-state index in [0.717, 1.165) is 0 Å². The van der Waals surface area contributed by atoms with Gasteiger partial charge in [-0.3, -0.25) is 4.79 Å². The van der Waals surface area contributed by atoms with Gasteiger partial charge in [-0.1, -0.05) is 23.4 Å². The molecule has 8 heteroatoms. The first-order chi connectivity index (χ1) is 11.6. The summed E-state index contributed by atoms with van der Waals surface area (Å²) in [4.78, 5) is 28.5. The van der Waals surface area contributed by atoms with Crippen LogP contribution < -0.4 is 5.32 Å². The molecule has 0 unspecified atom stereocenters. The summed E-state index contributed by atoms with van der Waals surface area (Å²) in [6, 6.07) is 6.98. The number of nitrogens with one attached hydrogen (secondary N) is 1. The molecule has 2 rings (SSSR count). The van der Waals surface area contributed by atoms with Crippen molar-refractivity contribution in [3.63, 3.8) is 0 Å². The highest BCUT2D eigenvalue weighted by molar-refractivity contribution is 7.98. The molecule has 1 N–H and O–H groups in total. The number of aromatic nitrogens is 2. The quantitative estimate of drug-likeness (QED) is 0.444. The molecule has 126 valence electrons. The van der Waals surface area contributed by atoms with Gasteiger partial charge < -0.3 is 14.6 Å². The average molecular weight is 347 g/mol. The molecule has 0 fully saturated rings. The first kappa shape index (κ1) is 17.7. The lowest BCUT2D eigenvalue weighted by molar-refractivity contribution is -0.124. The van der Waals surface area contributed by atoms with Gasteiger partial charge in [-0.25, -0.2) is 4.79 Å². The average Bonchev–Trinajstić information content (AvgIpc) is 3.01. The highest BCUT2D eigenvalue weighted by atomic mass is 32.2. The molecule has 24 heavy (non-hydrogen) atoms. The fourth-order valence-electron chi connectivity index (χ4n) is 1.75. The van der Waals surface area contributed by atoms with Crippen LogP contribution in [0.2, 0.25) is 0 Å². The Kier molecular flexibility index (Phi) is 6.56. The van der Waals surface area contributed by atoms with E-state index in [1.165, 1.54) is 11.8 Å². The van der Waals surface area contributed by atoms with Crippen molar-refractivity contribution in [2.45, 2.75) is 17.6 Å². The number of thioether (sulfide) groups is 1. The van der Waals surface area contributed by atoms with Crippen molar-refractivity contribution in [2.75, 3.05) is 13.2 Å². The molecule has 1 amide bonds. The summed E-state index contributed by atoms with van der Waals surface area (Å²) in [6.07, 6.45) is 1.55. The molecule has 1 aromatic carbocycles. The van der Waals surface area contributed by atoms with E-state index in [0.29, 0.717) is 34.5 Å². The third kappa shape index (κ3) is 5.24. The lowest BCUT2D eigenvalue weighted by atomic mass is 10.2. The highest BCUT2D eigenvalue weighted by Gasteiger charge is 2.15. The largest absolute Gasteiger partial charge is 0.452 e. The van der Waals surface area contributed by atoms with Crippen molar-refractivity contribution in [3.8, 4) is 0 Å². The number of hydrogen-bond acceptors (Lipinski definition) is 7. The smallest absolute Gasteiger partial charge is 0.339 e. The molecule has 2 aromatic rings. The Morgan fingerprint density at radius 1 is 1.42 bits per heavy atom. The van der Waals surface area contributed by atoms with Gasteiger partial charge in [0.1, 0.15) is 0 Å². The minimum atomic E-state index is -0.562. The standard InChI is InChI=1S/C16H17N3O4S/c1-3-8-17-14(20)9-22-16(21)12-6-4-5-7-13(12)24-10-15-18-11(2)19-23-15/h3-7H,1,8-10H2,2H3,(H,17,20). The van der Waals surface area contributed by atoms with Gasteiger partial charge in [0.2, 0.25) is 5.89 Å². The van der Waals surface area contributed by atoms with Crippen molar-refractivity contribution < 1.29 is 18.8 Å². The van der Waals surface area contributed by atoms with Crippen molar-refractivity contribution in [1.82, 2.24) is 15.5 Å². The number of aryl methyl sites for hydroxylation is 1. The molecule has 0 aliphatic heterocycles. The normalized spacial score (nSPS) is 10.2. The van der Waals surface area contributed by atoms with Gasteiger partial charge in [0, 0.05) is 11.4 Å². The number of ether oxygens (including phenoxy) is 1. The van der Waals surface area contributed by atoms with Crippen LogP contribution in [-0.2, 0) is 15.3 Å². The summed E-state index contributed by atoms with van der Waals surface area (Å²) < 4.78 is 10.1. The highest BCUT2D eigenvalue weighted by Crippen LogP contribution is 2.26. The van der Waals surface area contributed by atoms with Crippen LogP contribution in [0.15, 0.2) is 46.3 Å². The maximum absolute atomic E-state index is 12.2. The van der Waals surface area contributed by atoms with Gasteiger partial charge in [-0.15, -0.1) is 18.3 Å². The van der Waals surface area contributed by atoms with Gasteiger partial charge in [-0.05, 0) is 19.1 Å². The van der Waals surface area contributed by atoms with Crippen molar-refractivity contribution in [2.24, 2.45) is 0 Å². The number of nitrogens with zero attached hydrogens (tertiary/aromatic N) is 2. The summed E-state index contributed by atoms with van der Waals surface area (Å²) in [5.41, 5.74) is 0.384. The van der Waals surface area contributed by atoms with Gasteiger partial charge in [0.25, 0.3) is 5.91 Å². The van der Waals surface area contributed by atoms with Crippen molar-refractivity contribution >= 4 is 23.6 Å². The van der Waals surface area contributed by atoms with Crippen LogP contribution in [-0.4, -0.2) is 35.2 Å². The van der Waals surface area contributed by atoms with Gasteiger partial charge in [0.05, 0.1) is 11.3 Å². The first-order valence-corrected chi connectivity index (χ1v) is 8.14. The molecule has 0 atom stereocenters. The zero-order valence-electron chi connectivity index (χ0n) is 13.2. The number of benzene rings is 1. The van der Waals surface area contributed by atoms with E-state index in [2.05, 4.69) is 22.0 Å². The molecular formula is C16H17N3O4S. The van der Waals surface area contributed by atoms with Crippen LogP contribution in [0.4, 0.5) is 0 Å². The Hall–Kier alpha value is -2.61. The summed E-state index contributed by atoms with van der Waals surface area (Å²) in [5.74, 6) is 0.530. The Labute approximate surface area is 143 Å². The lowest BCUT2D eigenvalue weighted by Crippen LogP contribution is -2.28. The fraction of sp³-hybridized carbons (Fsp3) is 0.250. The fourth-order valence-corrected chi connectivity index (χ4v) is 2.62. The molecule has 1 aromatic heterocycles. The van der Waals surface area contributed by atoms with E-state index < -0.39 is 5.97 Å². The van der Waals surface area contributed by atoms with Crippen LogP contribution in [0, 0.1) is 6.92 Å². The predicted molar refractivity (Wildman–Crippen MR) is 88.5 cm³/mol.